The van der Waals surface area contributed by atoms with Crippen molar-refractivity contribution in [1.82, 2.24) is 5.32 Å². The van der Waals surface area contributed by atoms with Gasteiger partial charge in [0.25, 0.3) is 5.91 Å². The second kappa shape index (κ2) is 9.82. The van der Waals surface area contributed by atoms with E-state index in [2.05, 4.69) is 11.1 Å². The SMILES string of the molecule is [Cl-].[NH3+]CCCCNC(=O)c1ccc(Oc2ccccc2)cc1. The van der Waals surface area contributed by atoms with Crippen LogP contribution in [0.2, 0.25) is 0 Å². The van der Waals surface area contributed by atoms with Crippen LogP contribution in [0.15, 0.2) is 54.6 Å². The van der Waals surface area contributed by atoms with Crippen LogP contribution in [0.1, 0.15) is 23.2 Å². The van der Waals surface area contributed by atoms with Gasteiger partial charge in [0.1, 0.15) is 11.5 Å². The molecule has 5 heteroatoms. The molecule has 118 valence electrons. The third-order valence-electron chi connectivity index (χ3n) is 3.06. The molecular formula is C17H21ClN2O2. The minimum absolute atomic E-state index is 0. The average molecular weight is 321 g/mol. The van der Waals surface area contributed by atoms with Gasteiger partial charge in [0, 0.05) is 12.1 Å². The molecule has 0 unspecified atom stereocenters. The van der Waals surface area contributed by atoms with Crippen LogP contribution in [0.3, 0.4) is 0 Å². The summed E-state index contributed by atoms with van der Waals surface area (Å²) in [5.74, 6) is 1.45. The maximum Gasteiger partial charge on any atom is 0.251 e. The number of hydrogen-bond acceptors (Lipinski definition) is 2. The van der Waals surface area contributed by atoms with Crippen LogP contribution in [-0.4, -0.2) is 19.0 Å². The normalized spacial score (nSPS) is 9.68. The molecule has 0 heterocycles. The van der Waals surface area contributed by atoms with E-state index in [-0.39, 0.29) is 18.3 Å². The third kappa shape index (κ3) is 5.76. The number of unbranched alkanes of at least 4 members (excludes halogenated alkanes) is 1. The fraction of sp³-hybridized carbons (Fsp3) is 0.235. The zero-order valence-corrected chi connectivity index (χ0v) is 13.2. The summed E-state index contributed by atoms with van der Waals surface area (Å²) in [7, 11) is 0. The van der Waals surface area contributed by atoms with Gasteiger partial charge >= 0.3 is 0 Å². The van der Waals surface area contributed by atoms with E-state index in [4.69, 9.17) is 4.74 Å². The maximum atomic E-state index is 11.9. The number of halogens is 1. The van der Waals surface area contributed by atoms with Crippen LogP contribution in [0.5, 0.6) is 11.5 Å². The van der Waals surface area contributed by atoms with Crippen molar-refractivity contribution in [3.8, 4) is 11.5 Å². The van der Waals surface area contributed by atoms with Crippen molar-refractivity contribution in [3.63, 3.8) is 0 Å². The summed E-state index contributed by atoms with van der Waals surface area (Å²) < 4.78 is 5.69. The van der Waals surface area contributed by atoms with E-state index in [1.165, 1.54) is 0 Å². The molecule has 0 fully saturated rings. The Morgan fingerprint density at radius 3 is 2.23 bits per heavy atom. The van der Waals surface area contributed by atoms with Crippen LogP contribution in [0.25, 0.3) is 0 Å². The number of ether oxygens (including phenoxy) is 1. The predicted molar refractivity (Wildman–Crippen MR) is 82.3 cm³/mol. The second-order valence-corrected chi connectivity index (χ2v) is 4.76. The number of benzene rings is 2. The quantitative estimate of drug-likeness (QED) is 0.658. The van der Waals surface area contributed by atoms with Crippen molar-refractivity contribution in [2.75, 3.05) is 13.1 Å². The average Bonchev–Trinajstić information content (AvgIpc) is 2.53. The van der Waals surface area contributed by atoms with Crippen molar-refractivity contribution in [2.45, 2.75) is 12.8 Å². The van der Waals surface area contributed by atoms with Gasteiger partial charge in [-0.05, 0) is 49.2 Å². The predicted octanol–water partition coefficient (Wildman–Crippen LogP) is -0.765. The van der Waals surface area contributed by atoms with Gasteiger partial charge in [-0.1, -0.05) is 18.2 Å². The van der Waals surface area contributed by atoms with E-state index in [1.807, 2.05) is 30.3 Å². The van der Waals surface area contributed by atoms with Crippen molar-refractivity contribution < 1.29 is 27.7 Å². The fourth-order valence-corrected chi connectivity index (χ4v) is 1.90. The van der Waals surface area contributed by atoms with E-state index in [0.717, 1.165) is 30.9 Å². The number of hydrogen-bond donors (Lipinski definition) is 2. The van der Waals surface area contributed by atoms with Crippen LogP contribution in [0.4, 0.5) is 0 Å². The molecule has 4 N–H and O–H groups in total. The Morgan fingerprint density at radius 2 is 1.59 bits per heavy atom. The van der Waals surface area contributed by atoms with Gasteiger partial charge in [-0.25, -0.2) is 0 Å². The fourth-order valence-electron chi connectivity index (χ4n) is 1.90. The summed E-state index contributed by atoms with van der Waals surface area (Å²) in [5, 5.41) is 2.90. The Bertz CT molecular complexity index is 559. The molecule has 0 aliphatic rings. The molecule has 0 aromatic heterocycles. The lowest BCUT2D eigenvalue weighted by atomic mass is 10.2. The first-order valence-electron chi connectivity index (χ1n) is 7.20. The summed E-state index contributed by atoms with van der Waals surface area (Å²) in [6.45, 7) is 1.60. The minimum atomic E-state index is -0.0506. The molecule has 0 atom stereocenters. The molecule has 0 aliphatic heterocycles. The molecule has 0 saturated carbocycles. The van der Waals surface area contributed by atoms with Gasteiger partial charge in [-0.2, -0.15) is 0 Å². The van der Waals surface area contributed by atoms with Gasteiger partial charge in [0.05, 0.1) is 6.54 Å². The summed E-state index contributed by atoms with van der Waals surface area (Å²) in [5.41, 5.74) is 4.42. The summed E-state index contributed by atoms with van der Waals surface area (Å²) in [6, 6.07) is 16.7. The molecule has 0 spiro atoms. The lowest BCUT2D eigenvalue weighted by Gasteiger charge is -2.07. The molecule has 4 nitrogen and oxygen atoms in total. The zero-order chi connectivity index (χ0) is 14.9. The smallest absolute Gasteiger partial charge is 0.251 e. The molecule has 1 amide bonds. The number of nitrogens with one attached hydrogen (secondary N) is 1. The number of amides is 1. The van der Waals surface area contributed by atoms with Crippen LogP contribution in [0, 0.1) is 0 Å². The van der Waals surface area contributed by atoms with Gasteiger partial charge in [-0.15, -0.1) is 0 Å². The van der Waals surface area contributed by atoms with Gasteiger partial charge in [0.2, 0.25) is 0 Å². The number of para-hydroxylation sites is 1. The Hall–Kier alpha value is -2.04. The van der Waals surface area contributed by atoms with E-state index >= 15 is 0 Å². The Kier molecular flexibility index (Phi) is 8.04. The highest BCUT2D eigenvalue weighted by atomic mass is 35.5. The minimum Gasteiger partial charge on any atom is -1.00 e. The summed E-state index contributed by atoms with van der Waals surface area (Å²) >= 11 is 0. The van der Waals surface area contributed by atoms with Crippen LogP contribution < -0.4 is 28.2 Å². The first-order valence-corrected chi connectivity index (χ1v) is 7.20. The molecule has 2 aromatic rings. The Balaban J connectivity index is 0.00000242. The monoisotopic (exact) mass is 320 g/mol. The molecular weight excluding hydrogens is 300 g/mol. The molecule has 2 aromatic carbocycles. The van der Waals surface area contributed by atoms with Gasteiger partial charge in [-0.3, -0.25) is 4.79 Å². The number of quaternary nitrogens is 1. The first-order chi connectivity index (χ1) is 10.3. The lowest BCUT2D eigenvalue weighted by molar-refractivity contribution is -0.368. The van der Waals surface area contributed by atoms with Crippen molar-refractivity contribution >= 4 is 5.91 Å². The number of rotatable bonds is 7. The maximum absolute atomic E-state index is 11.9. The highest BCUT2D eigenvalue weighted by Gasteiger charge is 2.05. The highest BCUT2D eigenvalue weighted by molar-refractivity contribution is 5.94. The molecule has 0 aliphatic carbocycles. The van der Waals surface area contributed by atoms with Crippen LogP contribution in [-0.2, 0) is 0 Å². The standard InChI is InChI=1S/C17H20N2O2.ClH/c18-12-4-5-13-19-17(20)14-8-10-16(11-9-14)21-15-6-2-1-3-7-15;/h1-3,6-11H,4-5,12-13,18H2,(H,19,20);1H. The van der Waals surface area contributed by atoms with E-state index in [9.17, 15) is 4.79 Å². The lowest BCUT2D eigenvalue weighted by Crippen LogP contribution is -3.00. The van der Waals surface area contributed by atoms with Crippen molar-refractivity contribution in [2.24, 2.45) is 0 Å². The topological polar surface area (TPSA) is 66.0 Å². The third-order valence-corrected chi connectivity index (χ3v) is 3.06. The highest BCUT2D eigenvalue weighted by Crippen LogP contribution is 2.21. The zero-order valence-electron chi connectivity index (χ0n) is 12.4. The van der Waals surface area contributed by atoms with Crippen molar-refractivity contribution in [3.05, 3.63) is 60.2 Å². The first kappa shape index (κ1) is 18.0. The summed E-state index contributed by atoms with van der Waals surface area (Å²) in [4.78, 5) is 11.9. The molecule has 0 bridgehead atoms. The Morgan fingerprint density at radius 1 is 0.955 bits per heavy atom. The van der Waals surface area contributed by atoms with Crippen LogP contribution >= 0.6 is 0 Å². The van der Waals surface area contributed by atoms with E-state index in [0.29, 0.717) is 12.1 Å². The number of carbonyl (C=O) groups excluding carboxylic acids is 1. The molecule has 22 heavy (non-hydrogen) atoms. The molecule has 0 saturated heterocycles. The largest absolute Gasteiger partial charge is 1.00 e. The molecule has 2 rings (SSSR count). The number of carbonyl (C=O) groups is 1. The van der Waals surface area contributed by atoms with Gasteiger partial charge in [0.15, 0.2) is 0 Å². The second-order valence-electron chi connectivity index (χ2n) is 4.76. The van der Waals surface area contributed by atoms with Crippen molar-refractivity contribution in [1.29, 1.82) is 0 Å². The Labute approximate surface area is 137 Å². The molecule has 0 radical (unpaired) electrons. The van der Waals surface area contributed by atoms with E-state index < -0.39 is 0 Å². The summed E-state index contributed by atoms with van der Waals surface area (Å²) in [6.07, 6.45) is 1.99. The van der Waals surface area contributed by atoms with E-state index in [1.54, 1.807) is 24.3 Å². The van der Waals surface area contributed by atoms with Gasteiger partial charge < -0.3 is 28.2 Å².